The molecule has 0 bridgehead atoms. The predicted molar refractivity (Wildman–Crippen MR) is 70.7 cm³/mol. The van der Waals surface area contributed by atoms with E-state index < -0.39 is 23.4 Å². The molecule has 9 heteroatoms. The zero-order valence-electron chi connectivity index (χ0n) is 11.3. The number of carbonyl (C=O) groups is 1. The van der Waals surface area contributed by atoms with Crippen LogP contribution >= 0.6 is 11.3 Å². The van der Waals surface area contributed by atoms with Gasteiger partial charge in [0.05, 0.1) is 18.7 Å². The zero-order chi connectivity index (χ0) is 15.7. The maximum atomic E-state index is 12.4. The molecule has 21 heavy (non-hydrogen) atoms. The van der Waals surface area contributed by atoms with Crippen LogP contribution in [0.1, 0.15) is 30.5 Å². The van der Waals surface area contributed by atoms with E-state index in [2.05, 4.69) is 15.6 Å². The molecule has 5 nitrogen and oxygen atoms in total. The summed E-state index contributed by atoms with van der Waals surface area (Å²) in [5.74, 6) is 0.241. The Morgan fingerprint density at radius 2 is 2.19 bits per heavy atom. The number of halogens is 3. The molecule has 1 aliphatic carbocycles. The van der Waals surface area contributed by atoms with Crippen molar-refractivity contribution < 1.29 is 23.1 Å². The van der Waals surface area contributed by atoms with Crippen molar-refractivity contribution in [3.8, 4) is 0 Å². The highest BCUT2D eigenvalue weighted by atomic mass is 32.1. The van der Waals surface area contributed by atoms with Gasteiger partial charge in [0.1, 0.15) is 5.01 Å². The average Bonchev–Trinajstić information content (AvgIpc) is 3.14. The van der Waals surface area contributed by atoms with Gasteiger partial charge in [-0.15, -0.1) is 11.3 Å². The smallest absolute Gasteiger partial charge is 0.394 e. The second-order valence-corrected chi connectivity index (χ2v) is 6.22. The molecular formula is C12H16F3N3O2S. The maximum absolute atomic E-state index is 12.4. The molecule has 2 rings (SSSR count). The SMILES string of the molecule is CC(CO)(NC(=O)NCc1nc(C(F)(F)F)cs1)C1CC1. The molecule has 0 spiro atoms. The molecule has 0 saturated heterocycles. The number of nitrogens with zero attached hydrogens (tertiary/aromatic N) is 1. The van der Waals surface area contributed by atoms with Crippen LogP contribution in [0, 0.1) is 5.92 Å². The summed E-state index contributed by atoms with van der Waals surface area (Å²) in [7, 11) is 0. The molecule has 1 aromatic heterocycles. The highest BCUT2D eigenvalue weighted by Gasteiger charge is 2.42. The Hall–Kier alpha value is -1.35. The lowest BCUT2D eigenvalue weighted by Gasteiger charge is -2.28. The van der Waals surface area contributed by atoms with Gasteiger partial charge in [0.15, 0.2) is 5.69 Å². The van der Waals surface area contributed by atoms with Crippen LogP contribution in [0.25, 0.3) is 0 Å². The van der Waals surface area contributed by atoms with Crippen LogP contribution in [-0.2, 0) is 12.7 Å². The normalized spacial score (nSPS) is 18.1. The van der Waals surface area contributed by atoms with E-state index >= 15 is 0 Å². The number of urea groups is 1. The molecule has 0 aromatic carbocycles. The van der Waals surface area contributed by atoms with Gasteiger partial charge in [-0.05, 0) is 25.7 Å². The Labute approximate surface area is 123 Å². The van der Waals surface area contributed by atoms with Crippen LogP contribution in [-0.4, -0.2) is 28.3 Å². The molecule has 0 radical (unpaired) electrons. The standard InChI is InChI=1S/C12H16F3N3O2S/c1-11(6-19,7-2-3-7)18-10(20)16-4-9-17-8(5-21-9)12(13,14)15/h5,7,19H,2-4,6H2,1H3,(H2,16,18,20). The molecular weight excluding hydrogens is 307 g/mol. The molecule has 1 unspecified atom stereocenters. The molecule has 1 fully saturated rings. The Bertz CT molecular complexity index is 516. The van der Waals surface area contributed by atoms with Crippen LogP contribution in [0.15, 0.2) is 5.38 Å². The molecule has 1 atom stereocenters. The molecule has 3 N–H and O–H groups in total. The number of aliphatic hydroxyl groups is 1. The van der Waals surface area contributed by atoms with Crippen molar-refractivity contribution in [2.24, 2.45) is 5.92 Å². The van der Waals surface area contributed by atoms with Gasteiger partial charge in [0, 0.05) is 5.38 Å². The van der Waals surface area contributed by atoms with E-state index in [-0.39, 0.29) is 24.1 Å². The number of alkyl halides is 3. The molecule has 0 aliphatic heterocycles. The fraction of sp³-hybridized carbons (Fsp3) is 0.667. The van der Waals surface area contributed by atoms with Crippen molar-refractivity contribution >= 4 is 17.4 Å². The largest absolute Gasteiger partial charge is 0.434 e. The highest BCUT2D eigenvalue weighted by Crippen LogP contribution is 2.39. The summed E-state index contributed by atoms with van der Waals surface area (Å²) in [6.45, 7) is 1.48. The first-order valence-electron chi connectivity index (χ1n) is 6.43. The van der Waals surface area contributed by atoms with E-state index in [9.17, 15) is 23.1 Å². The number of carbonyl (C=O) groups excluding carboxylic acids is 1. The van der Waals surface area contributed by atoms with Gasteiger partial charge >= 0.3 is 12.2 Å². The summed E-state index contributed by atoms with van der Waals surface area (Å²) in [6, 6.07) is -0.526. The van der Waals surface area contributed by atoms with Gasteiger partial charge in [-0.1, -0.05) is 0 Å². The maximum Gasteiger partial charge on any atom is 0.434 e. The molecule has 1 aliphatic rings. The summed E-state index contributed by atoms with van der Waals surface area (Å²) >= 11 is 0.838. The molecule has 118 valence electrons. The summed E-state index contributed by atoms with van der Waals surface area (Å²) in [5, 5.41) is 15.6. The summed E-state index contributed by atoms with van der Waals surface area (Å²) in [6.07, 6.45) is -2.59. The van der Waals surface area contributed by atoms with Gasteiger partial charge < -0.3 is 15.7 Å². The molecule has 1 aromatic rings. The van der Waals surface area contributed by atoms with Crippen molar-refractivity contribution in [2.45, 2.75) is 38.0 Å². The van der Waals surface area contributed by atoms with Gasteiger partial charge in [0.25, 0.3) is 0 Å². The number of hydrogen-bond donors (Lipinski definition) is 3. The van der Waals surface area contributed by atoms with E-state index in [0.717, 1.165) is 29.6 Å². The van der Waals surface area contributed by atoms with Crippen molar-refractivity contribution in [2.75, 3.05) is 6.61 Å². The first-order valence-corrected chi connectivity index (χ1v) is 7.31. The third-order valence-corrected chi connectivity index (χ3v) is 4.30. The third-order valence-electron chi connectivity index (χ3n) is 3.45. The zero-order valence-corrected chi connectivity index (χ0v) is 12.1. The second-order valence-electron chi connectivity index (χ2n) is 5.28. The minimum absolute atomic E-state index is 0.0846. The van der Waals surface area contributed by atoms with Crippen molar-refractivity contribution in [1.82, 2.24) is 15.6 Å². The number of aromatic nitrogens is 1. The lowest BCUT2D eigenvalue weighted by Crippen LogP contribution is -2.53. The van der Waals surface area contributed by atoms with Crippen LogP contribution < -0.4 is 10.6 Å². The van der Waals surface area contributed by atoms with Crippen LogP contribution in [0.5, 0.6) is 0 Å². The number of rotatable bonds is 5. The average molecular weight is 323 g/mol. The quantitative estimate of drug-likeness (QED) is 0.777. The third kappa shape index (κ3) is 4.07. The van der Waals surface area contributed by atoms with Gasteiger partial charge in [0.2, 0.25) is 0 Å². The van der Waals surface area contributed by atoms with E-state index in [1.165, 1.54) is 0 Å². The van der Waals surface area contributed by atoms with Gasteiger partial charge in [-0.2, -0.15) is 13.2 Å². The fourth-order valence-corrected chi connectivity index (χ4v) is 2.71. The first-order chi connectivity index (χ1) is 9.74. The van der Waals surface area contributed by atoms with Gasteiger partial charge in [-0.3, -0.25) is 0 Å². The minimum Gasteiger partial charge on any atom is -0.394 e. The lowest BCUT2D eigenvalue weighted by molar-refractivity contribution is -0.140. The van der Waals surface area contributed by atoms with Crippen LogP contribution in [0.4, 0.5) is 18.0 Å². The van der Waals surface area contributed by atoms with E-state index in [0.29, 0.717) is 0 Å². The monoisotopic (exact) mass is 323 g/mol. The summed E-state index contributed by atoms with van der Waals surface area (Å²) in [4.78, 5) is 15.2. The van der Waals surface area contributed by atoms with Crippen molar-refractivity contribution in [3.05, 3.63) is 16.1 Å². The second kappa shape index (κ2) is 5.80. The summed E-state index contributed by atoms with van der Waals surface area (Å²) < 4.78 is 37.1. The number of aliphatic hydroxyl groups excluding tert-OH is 1. The predicted octanol–water partition coefficient (Wildman–Crippen LogP) is 2.12. The Morgan fingerprint density at radius 3 is 2.67 bits per heavy atom. The van der Waals surface area contributed by atoms with E-state index in [1.807, 2.05) is 0 Å². The van der Waals surface area contributed by atoms with Crippen molar-refractivity contribution in [3.63, 3.8) is 0 Å². The lowest BCUT2D eigenvalue weighted by atomic mass is 9.97. The Kier molecular flexibility index (Phi) is 4.43. The fourth-order valence-electron chi connectivity index (χ4n) is 1.97. The first kappa shape index (κ1) is 16.0. The molecule has 2 amide bonds. The molecule has 1 saturated carbocycles. The van der Waals surface area contributed by atoms with E-state index in [4.69, 9.17) is 0 Å². The number of hydrogen-bond acceptors (Lipinski definition) is 4. The molecule has 1 heterocycles. The topological polar surface area (TPSA) is 74.2 Å². The van der Waals surface area contributed by atoms with E-state index in [1.54, 1.807) is 6.92 Å². The van der Waals surface area contributed by atoms with Gasteiger partial charge in [-0.25, -0.2) is 9.78 Å². The number of thiazole rings is 1. The Morgan fingerprint density at radius 1 is 1.52 bits per heavy atom. The Balaban J connectivity index is 1.85. The number of amides is 2. The van der Waals surface area contributed by atoms with Crippen molar-refractivity contribution in [1.29, 1.82) is 0 Å². The number of nitrogens with one attached hydrogen (secondary N) is 2. The summed E-state index contributed by atoms with van der Waals surface area (Å²) in [5.41, 5.74) is -1.65. The van der Waals surface area contributed by atoms with Crippen LogP contribution in [0.2, 0.25) is 0 Å². The van der Waals surface area contributed by atoms with Crippen LogP contribution in [0.3, 0.4) is 0 Å². The minimum atomic E-state index is -4.47. The highest BCUT2D eigenvalue weighted by molar-refractivity contribution is 7.09.